The van der Waals surface area contributed by atoms with Crippen molar-refractivity contribution in [3.05, 3.63) is 72.1 Å². The van der Waals surface area contributed by atoms with Gasteiger partial charge in [-0.3, -0.25) is 19.4 Å². The predicted molar refractivity (Wildman–Crippen MR) is 179 cm³/mol. The van der Waals surface area contributed by atoms with Crippen molar-refractivity contribution in [2.24, 2.45) is 22.2 Å². The maximum atomic E-state index is 13.8. The van der Waals surface area contributed by atoms with Crippen LogP contribution in [0.3, 0.4) is 0 Å². The molecule has 0 fully saturated rings. The minimum Gasteiger partial charge on any atom is -0.480 e. The van der Waals surface area contributed by atoms with E-state index in [1.165, 1.54) is 0 Å². The number of hydrogen-bond acceptors (Lipinski definition) is 7. The van der Waals surface area contributed by atoms with Crippen LogP contribution in [0.4, 0.5) is 0 Å². The molecule has 4 unspecified atom stereocenters. The minimum atomic E-state index is -1.29. The van der Waals surface area contributed by atoms with Crippen molar-refractivity contribution < 1.29 is 24.3 Å². The summed E-state index contributed by atoms with van der Waals surface area (Å²) in [7, 11) is 0. The van der Waals surface area contributed by atoms with Gasteiger partial charge in [-0.05, 0) is 36.1 Å². The lowest BCUT2D eigenvalue weighted by atomic mass is 10.0. The van der Waals surface area contributed by atoms with Crippen molar-refractivity contribution >= 4 is 64.1 Å². The number of carbonyl (C=O) groups excluding carboxylic acids is 3. The Hall–Kier alpha value is -5.02. The fraction of sp³-hybridized carbons (Fsp3) is 0.323. The molecule has 0 aliphatic carbocycles. The van der Waals surface area contributed by atoms with E-state index in [0.29, 0.717) is 12.0 Å². The maximum Gasteiger partial charge on any atom is 0.326 e. The Balaban J connectivity index is 1.55. The molecule has 0 spiro atoms. The zero-order chi connectivity index (χ0) is 33.2. The van der Waals surface area contributed by atoms with Crippen LogP contribution in [0.2, 0.25) is 0 Å². The number of benzene rings is 2. The molecule has 4 rings (SSSR count). The van der Waals surface area contributed by atoms with Crippen molar-refractivity contribution in [2.75, 3.05) is 12.3 Å². The monoisotopic (exact) mass is 649 g/mol. The van der Waals surface area contributed by atoms with Crippen molar-refractivity contribution in [1.29, 1.82) is 0 Å². The second-order valence-corrected chi connectivity index (χ2v) is 11.3. The number of nitrogens with one attached hydrogen (secondary N) is 5. The maximum absolute atomic E-state index is 13.8. The number of guanidine groups is 1. The molecule has 2 heterocycles. The first-order valence-electron chi connectivity index (χ1n) is 14.7. The Bertz CT molecular complexity index is 1710. The SMILES string of the molecule is NC(N)=NCCCC(NC(=O)C(Cc1c[nH]c2ccccc12)NC(=O)C(N)CS)C(=O)NC(Cc1c[nH]c2ccccc12)C(=O)O. The van der Waals surface area contributed by atoms with Crippen LogP contribution in [0.15, 0.2) is 65.9 Å². The van der Waals surface area contributed by atoms with E-state index in [0.717, 1.165) is 27.4 Å². The molecular weight excluding hydrogens is 610 g/mol. The minimum absolute atomic E-state index is 0.000611. The molecule has 0 aliphatic rings. The standard InChI is InChI=1S/C31H39N9O5S/c32-21(16-46)27(41)39-25(12-17-14-36-22-8-3-1-6-19(17)22)29(43)38-24(10-5-11-35-31(33)34)28(42)40-26(30(44)45)13-18-15-37-23-9-4-2-7-20(18)23/h1-4,6-9,14-15,21,24-26,36-37,46H,5,10-13,16,32H2,(H,38,43)(H,39,41)(H,40,42)(H,44,45)(H4,33,34,35). The van der Waals surface area contributed by atoms with Crippen LogP contribution in [0.25, 0.3) is 21.8 Å². The second-order valence-electron chi connectivity index (χ2n) is 10.9. The van der Waals surface area contributed by atoms with Crippen molar-refractivity contribution in [3.8, 4) is 0 Å². The van der Waals surface area contributed by atoms with Gasteiger partial charge < -0.3 is 48.2 Å². The first-order chi connectivity index (χ1) is 22.1. The van der Waals surface area contributed by atoms with Crippen molar-refractivity contribution in [1.82, 2.24) is 25.9 Å². The molecule has 12 N–H and O–H groups in total. The molecule has 0 bridgehead atoms. The van der Waals surface area contributed by atoms with Crippen LogP contribution >= 0.6 is 12.6 Å². The number of rotatable bonds is 16. The number of nitrogens with two attached hydrogens (primary N) is 3. The number of carboxylic acids is 1. The Labute approximate surface area is 270 Å². The number of aliphatic carboxylic acids is 1. The van der Waals surface area contributed by atoms with Crippen LogP contribution in [-0.2, 0) is 32.0 Å². The van der Waals surface area contributed by atoms with E-state index in [2.05, 4.69) is 43.5 Å². The summed E-state index contributed by atoms with van der Waals surface area (Å²) in [4.78, 5) is 62.6. The number of aliphatic imine (C=N–C) groups is 1. The van der Waals surface area contributed by atoms with E-state index in [1.54, 1.807) is 12.4 Å². The number of carbonyl (C=O) groups is 4. The molecule has 4 atom stereocenters. The van der Waals surface area contributed by atoms with Gasteiger partial charge in [0.1, 0.15) is 18.1 Å². The number of hydrogen-bond donors (Lipinski definition) is 10. The molecule has 14 nitrogen and oxygen atoms in total. The average molecular weight is 650 g/mol. The molecule has 2 aromatic carbocycles. The van der Waals surface area contributed by atoms with E-state index in [1.807, 2.05) is 48.5 Å². The highest BCUT2D eigenvalue weighted by Gasteiger charge is 2.31. The third-order valence-electron chi connectivity index (χ3n) is 7.56. The molecule has 4 aromatic rings. The topological polar surface area (TPSA) is 247 Å². The highest BCUT2D eigenvalue weighted by Crippen LogP contribution is 2.21. The van der Waals surface area contributed by atoms with Gasteiger partial charge in [-0.1, -0.05) is 36.4 Å². The zero-order valence-electron chi connectivity index (χ0n) is 25.0. The molecule has 0 saturated heterocycles. The van der Waals surface area contributed by atoms with Crippen molar-refractivity contribution in [3.63, 3.8) is 0 Å². The number of thiol groups is 1. The number of aromatic nitrogens is 2. The number of aromatic amines is 2. The predicted octanol–water partition coefficient (Wildman–Crippen LogP) is 0.284. The zero-order valence-corrected chi connectivity index (χ0v) is 25.9. The quantitative estimate of drug-likeness (QED) is 0.0349. The first kappa shape index (κ1) is 33.9. The molecular formula is C31H39N9O5S. The summed E-state index contributed by atoms with van der Waals surface area (Å²) < 4.78 is 0. The third-order valence-corrected chi connectivity index (χ3v) is 7.95. The Morgan fingerprint density at radius 3 is 1.83 bits per heavy atom. The van der Waals surface area contributed by atoms with Crippen LogP contribution < -0.4 is 33.2 Å². The lowest BCUT2D eigenvalue weighted by molar-refractivity contribution is -0.142. The summed E-state index contributed by atoms with van der Waals surface area (Å²) in [6.07, 6.45) is 3.91. The molecule has 2 aromatic heterocycles. The molecule has 15 heteroatoms. The molecule has 0 saturated carbocycles. The lowest BCUT2D eigenvalue weighted by Crippen LogP contribution is -2.58. The number of para-hydroxylation sites is 2. The highest BCUT2D eigenvalue weighted by molar-refractivity contribution is 7.80. The fourth-order valence-electron chi connectivity index (χ4n) is 5.13. The van der Waals surface area contributed by atoms with Crippen LogP contribution in [0, 0.1) is 0 Å². The Morgan fingerprint density at radius 2 is 1.28 bits per heavy atom. The Kier molecular flexibility index (Phi) is 11.6. The molecule has 244 valence electrons. The van der Waals surface area contributed by atoms with Crippen LogP contribution in [0.5, 0.6) is 0 Å². The van der Waals surface area contributed by atoms with Gasteiger partial charge in [0.15, 0.2) is 5.96 Å². The number of carboxylic acid groups (broad SMARTS) is 1. The average Bonchev–Trinajstić information content (AvgIpc) is 3.65. The normalized spacial score (nSPS) is 13.8. The number of nitrogens with zero attached hydrogens (tertiary/aromatic N) is 1. The van der Waals surface area contributed by atoms with Gasteiger partial charge in [-0.2, -0.15) is 12.6 Å². The Morgan fingerprint density at radius 1 is 0.783 bits per heavy atom. The fourth-order valence-corrected chi connectivity index (χ4v) is 5.29. The molecule has 0 radical (unpaired) electrons. The molecule has 46 heavy (non-hydrogen) atoms. The van der Waals surface area contributed by atoms with Gasteiger partial charge in [0.2, 0.25) is 17.7 Å². The van der Waals surface area contributed by atoms with Gasteiger partial charge in [0, 0.05) is 59.3 Å². The summed E-state index contributed by atoms with van der Waals surface area (Å²) in [5.74, 6) is -3.28. The number of H-pyrrole nitrogens is 2. The van der Waals surface area contributed by atoms with E-state index in [4.69, 9.17) is 17.2 Å². The smallest absolute Gasteiger partial charge is 0.326 e. The lowest BCUT2D eigenvalue weighted by Gasteiger charge is -2.25. The highest BCUT2D eigenvalue weighted by atomic mass is 32.1. The van der Waals surface area contributed by atoms with Gasteiger partial charge in [-0.15, -0.1) is 0 Å². The summed E-state index contributed by atoms with van der Waals surface area (Å²) >= 11 is 4.09. The summed E-state index contributed by atoms with van der Waals surface area (Å²) in [6, 6.07) is 10.4. The van der Waals surface area contributed by atoms with E-state index in [-0.39, 0.29) is 37.5 Å². The van der Waals surface area contributed by atoms with Gasteiger partial charge >= 0.3 is 5.97 Å². The second kappa shape index (κ2) is 15.8. The number of amides is 3. The third kappa shape index (κ3) is 8.79. The first-order valence-corrected chi connectivity index (χ1v) is 15.4. The summed E-state index contributed by atoms with van der Waals surface area (Å²) in [6.45, 7) is 0.173. The van der Waals surface area contributed by atoms with E-state index in [9.17, 15) is 24.3 Å². The van der Waals surface area contributed by atoms with Crippen LogP contribution in [-0.4, -0.2) is 81.2 Å². The van der Waals surface area contributed by atoms with Gasteiger partial charge in [0.05, 0.1) is 6.04 Å². The largest absolute Gasteiger partial charge is 0.480 e. The van der Waals surface area contributed by atoms with Crippen LogP contribution in [0.1, 0.15) is 24.0 Å². The molecule has 0 aliphatic heterocycles. The van der Waals surface area contributed by atoms with Gasteiger partial charge in [-0.25, -0.2) is 4.79 Å². The summed E-state index contributed by atoms with van der Waals surface area (Å²) in [5, 5.41) is 19.7. The van der Waals surface area contributed by atoms with Gasteiger partial charge in [0.25, 0.3) is 0 Å². The van der Waals surface area contributed by atoms with E-state index < -0.39 is 47.9 Å². The number of fused-ring (bicyclic) bond motifs is 2. The summed E-state index contributed by atoms with van der Waals surface area (Å²) in [5.41, 5.74) is 19.9. The van der Waals surface area contributed by atoms with Crippen molar-refractivity contribution in [2.45, 2.75) is 49.9 Å². The molecule has 3 amide bonds. The van der Waals surface area contributed by atoms with E-state index >= 15 is 0 Å².